The SMILES string of the molecule is CC(C)CCc1ccnc(Nc2cc(CCC(C)C)ccn2)c1. The third-order valence-electron chi connectivity index (χ3n) is 3.93. The number of anilines is 2. The molecule has 2 aromatic heterocycles. The van der Waals surface area contributed by atoms with E-state index in [-0.39, 0.29) is 0 Å². The van der Waals surface area contributed by atoms with E-state index in [9.17, 15) is 0 Å². The van der Waals surface area contributed by atoms with Crippen LogP contribution in [0.25, 0.3) is 0 Å². The van der Waals surface area contributed by atoms with Crippen LogP contribution < -0.4 is 5.32 Å². The lowest BCUT2D eigenvalue weighted by Gasteiger charge is -2.10. The van der Waals surface area contributed by atoms with E-state index < -0.39 is 0 Å². The van der Waals surface area contributed by atoms with E-state index in [1.807, 2.05) is 12.4 Å². The molecule has 3 heteroatoms. The highest BCUT2D eigenvalue weighted by atomic mass is 15.0. The van der Waals surface area contributed by atoms with Crippen molar-refractivity contribution in [3.05, 3.63) is 47.8 Å². The van der Waals surface area contributed by atoms with Crippen LogP contribution in [0.3, 0.4) is 0 Å². The molecule has 0 bridgehead atoms. The Morgan fingerprint density at radius 1 is 0.783 bits per heavy atom. The predicted molar refractivity (Wildman–Crippen MR) is 98.1 cm³/mol. The van der Waals surface area contributed by atoms with E-state index >= 15 is 0 Å². The summed E-state index contributed by atoms with van der Waals surface area (Å²) in [6, 6.07) is 8.45. The van der Waals surface area contributed by atoms with Gasteiger partial charge in [-0.3, -0.25) is 0 Å². The summed E-state index contributed by atoms with van der Waals surface area (Å²) in [4.78, 5) is 8.83. The molecule has 0 saturated carbocycles. The van der Waals surface area contributed by atoms with Gasteiger partial charge in [0.1, 0.15) is 11.6 Å². The van der Waals surface area contributed by atoms with Gasteiger partial charge in [-0.1, -0.05) is 27.7 Å². The lowest BCUT2D eigenvalue weighted by molar-refractivity contribution is 0.586. The quantitative estimate of drug-likeness (QED) is 0.709. The van der Waals surface area contributed by atoms with Gasteiger partial charge in [0.2, 0.25) is 0 Å². The van der Waals surface area contributed by atoms with Crippen molar-refractivity contribution in [2.75, 3.05) is 5.32 Å². The summed E-state index contributed by atoms with van der Waals surface area (Å²) in [6.07, 6.45) is 8.34. The van der Waals surface area contributed by atoms with Crippen molar-refractivity contribution in [2.45, 2.75) is 53.4 Å². The van der Waals surface area contributed by atoms with Gasteiger partial charge in [-0.25, -0.2) is 9.97 Å². The van der Waals surface area contributed by atoms with Crippen molar-refractivity contribution < 1.29 is 0 Å². The maximum absolute atomic E-state index is 4.41. The third-order valence-corrected chi connectivity index (χ3v) is 3.93. The van der Waals surface area contributed by atoms with E-state index in [1.54, 1.807) is 0 Å². The molecule has 2 heterocycles. The minimum Gasteiger partial charge on any atom is -0.325 e. The molecule has 0 radical (unpaired) electrons. The number of aromatic nitrogens is 2. The van der Waals surface area contributed by atoms with Crippen LogP contribution in [0, 0.1) is 11.8 Å². The minimum absolute atomic E-state index is 0.721. The normalized spacial score (nSPS) is 11.2. The molecule has 0 aliphatic heterocycles. The van der Waals surface area contributed by atoms with Gasteiger partial charge in [0.05, 0.1) is 0 Å². The van der Waals surface area contributed by atoms with Crippen LogP contribution in [0.1, 0.15) is 51.7 Å². The van der Waals surface area contributed by atoms with Gasteiger partial charge < -0.3 is 5.32 Å². The summed E-state index contributed by atoms with van der Waals surface area (Å²) in [7, 11) is 0. The van der Waals surface area contributed by atoms with E-state index in [1.165, 1.54) is 24.0 Å². The van der Waals surface area contributed by atoms with Gasteiger partial charge in [0, 0.05) is 12.4 Å². The molecule has 1 N–H and O–H groups in total. The lowest BCUT2D eigenvalue weighted by Crippen LogP contribution is -1.99. The second kappa shape index (κ2) is 8.66. The van der Waals surface area contributed by atoms with Crippen molar-refractivity contribution in [1.29, 1.82) is 0 Å². The van der Waals surface area contributed by atoms with Gasteiger partial charge in [-0.15, -0.1) is 0 Å². The smallest absolute Gasteiger partial charge is 0.131 e. The monoisotopic (exact) mass is 311 g/mol. The van der Waals surface area contributed by atoms with Gasteiger partial charge in [0.25, 0.3) is 0 Å². The van der Waals surface area contributed by atoms with Crippen molar-refractivity contribution in [3.8, 4) is 0 Å². The fourth-order valence-corrected chi connectivity index (χ4v) is 2.44. The Morgan fingerprint density at radius 3 is 1.61 bits per heavy atom. The molecule has 124 valence electrons. The zero-order valence-electron chi connectivity index (χ0n) is 14.8. The largest absolute Gasteiger partial charge is 0.325 e. The molecule has 0 spiro atoms. The lowest BCUT2D eigenvalue weighted by atomic mass is 10.0. The topological polar surface area (TPSA) is 37.8 Å². The van der Waals surface area contributed by atoms with Crippen LogP contribution in [0.5, 0.6) is 0 Å². The van der Waals surface area contributed by atoms with Crippen molar-refractivity contribution in [1.82, 2.24) is 9.97 Å². The highest BCUT2D eigenvalue weighted by molar-refractivity contribution is 5.53. The number of nitrogens with one attached hydrogen (secondary N) is 1. The molecule has 2 aromatic rings. The summed E-state index contributed by atoms with van der Waals surface area (Å²) < 4.78 is 0. The van der Waals surface area contributed by atoms with E-state index in [0.717, 1.165) is 36.3 Å². The van der Waals surface area contributed by atoms with Gasteiger partial charge >= 0.3 is 0 Å². The van der Waals surface area contributed by atoms with E-state index in [0.29, 0.717) is 0 Å². The molecular weight excluding hydrogens is 282 g/mol. The molecule has 0 saturated heterocycles. The van der Waals surface area contributed by atoms with E-state index in [2.05, 4.69) is 67.2 Å². The van der Waals surface area contributed by atoms with Gasteiger partial charge in [0.15, 0.2) is 0 Å². The summed E-state index contributed by atoms with van der Waals surface area (Å²) >= 11 is 0. The van der Waals surface area contributed by atoms with Crippen molar-refractivity contribution in [3.63, 3.8) is 0 Å². The van der Waals surface area contributed by atoms with Gasteiger partial charge in [-0.2, -0.15) is 0 Å². The fourth-order valence-electron chi connectivity index (χ4n) is 2.44. The van der Waals surface area contributed by atoms with Crippen molar-refractivity contribution >= 4 is 11.6 Å². The first-order chi connectivity index (χ1) is 11.0. The average molecular weight is 311 g/mol. The Labute approximate surface area is 140 Å². The Bertz CT molecular complexity index is 552. The van der Waals surface area contributed by atoms with Crippen LogP contribution in [-0.2, 0) is 12.8 Å². The average Bonchev–Trinajstić information content (AvgIpc) is 2.52. The first kappa shape index (κ1) is 17.5. The number of nitrogens with zero attached hydrogens (tertiary/aromatic N) is 2. The zero-order chi connectivity index (χ0) is 16.7. The van der Waals surface area contributed by atoms with Crippen LogP contribution in [0.2, 0.25) is 0 Å². The molecule has 0 aliphatic rings. The molecule has 0 aliphatic carbocycles. The van der Waals surface area contributed by atoms with Crippen LogP contribution in [-0.4, -0.2) is 9.97 Å². The summed E-state index contributed by atoms with van der Waals surface area (Å²) in [5.41, 5.74) is 2.65. The number of hydrogen-bond acceptors (Lipinski definition) is 3. The number of rotatable bonds is 8. The molecule has 0 atom stereocenters. The summed E-state index contributed by atoms with van der Waals surface area (Å²) in [5.74, 6) is 3.19. The first-order valence-electron chi connectivity index (χ1n) is 8.70. The number of aryl methyl sites for hydroxylation is 2. The third kappa shape index (κ3) is 6.39. The molecule has 0 unspecified atom stereocenters. The first-order valence-corrected chi connectivity index (χ1v) is 8.70. The van der Waals surface area contributed by atoms with Gasteiger partial charge in [-0.05, 0) is 72.9 Å². The minimum atomic E-state index is 0.721. The zero-order valence-corrected chi connectivity index (χ0v) is 14.8. The summed E-state index contributed by atoms with van der Waals surface area (Å²) in [6.45, 7) is 9.03. The van der Waals surface area contributed by atoms with Crippen LogP contribution >= 0.6 is 0 Å². The molecule has 23 heavy (non-hydrogen) atoms. The fraction of sp³-hybridized carbons (Fsp3) is 0.500. The molecular formula is C20H29N3. The Hall–Kier alpha value is -1.90. The molecule has 2 rings (SSSR count). The second-order valence-corrected chi connectivity index (χ2v) is 7.09. The molecule has 0 amide bonds. The molecule has 0 fully saturated rings. The second-order valence-electron chi connectivity index (χ2n) is 7.09. The standard InChI is InChI=1S/C20H29N3/c1-15(2)5-7-17-9-11-21-19(13-17)23-20-14-18(10-12-22-20)8-6-16(3)4/h9-16H,5-8H2,1-4H3,(H,21,22,23). The maximum Gasteiger partial charge on any atom is 0.131 e. The van der Waals surface area contributed by atoms with Crippen LogP contribution in [0.4, 0.5) is 11.6 Å². The number of pyridine rings is 2. The highest BCUT2D eigenvalue weighted by Gasteiger charge is 2.03. The van der Waals surface area contributed by atoms with E-state index in [4.69, 9.17) is 0 Å². The highest BCUT2D eigenvalue weighted by Crippen LogP contribution is 2.17. The maximum atomic E-state index is 4.41. The van der Waals surface area contributed by atoms with Crippen LogP contribution in [0.15, 0.2) is 36.7 Å². The summed E-state index contributed by atoms with van der Waals surface area (Å²) in [5, 5.41) is 3.34. The molecule has 0 aromatic carbocycles. The Kier molecular flexibility index (Phi) is 6.57. The number of hydrogen-bond donors (Lipinski definition) is 1. The predicted octanol–water partition coefficient (Wildman–Crippen LogP) is 5.40. The molecule has 3 nitrogen and oxygen atoms in total. The Balaban J connectivity index is 2.01. The van der Waals surface area contributed by atoms with Crippen molar-refractivity contribution in [2.24, 2.45) is 11.8 Å². The Morgan fingerprint density at radius 2 is 1.22 bits per heavy atom.